The Morgan fingerprint density at radius 2 is 1.93 bits per heavy atom. The maximum atomic E-state index is 13.1. The third-order valence-corrected chi connectivity index (χ3v) is 4.93. The Morgan fingerprint density at radius 3 is 2.61 bits per heavy atom. The number of para-hydroxylation sites is 1. The number of hydrogen-bond acceptors (Lipinski definition) is 5. The zero-order chi connectivity index (χ0) is 19.9. The molecule has 0 radical (unpaired) electrons. The molecule has 2 aromatic carbocycles. The van der Waals surface area contributed by atoms with E-state index in [4.69, 9.17) is 9.47 Å². The number of benzene rings is 2. The number of methoxy groups -OCH3 is 1. The average Bonchev–Trinajstić information content (AvgIpc) is 3.03. The molecule has 1 amide bonds. The number of thioether (sulfide) groups is 1. The molecule has 6 heteroatoms. The van der Waals surface area contributed by atoms with Crippen molar-refractivity contribution in [3.8, 4) is 11.5 Å². The van der Waals surface area contributed by atoms with Crippen molar-refractivity contribution in [1.82, 2.24) is 0 Å². The molecule has 0 saturated heterocycles. The van der Waals surface area contributed by atoms with E-state index in [1.165, 1.54) is 11.8 Å². The molecule has 1 heterocycles. The van der Waals surface area contributed by atoms with Gasteiger partial charge in [0.1, 0.15) is 17.2 Å². The zero-order valence-corrected chi connectivity index (χ0v) is 16.7. The number of amidine groups is 1. The third kappa shape index (κ3) is 4.28. The summed E-state index contributed by atoms with van der Waals surface area (Å²) >= 11 is 1.46. The van der Waals surface area contributed by atoms with E-state index in [-0.39, 0.29) is 5.91 Å². The van der Waals surface area contributed by atoms with Crippen LogP contribution in [0.1, 0.15) is 12.5 Å². The molecule has 1 aliphatic heterocycles. The predicted octanol–water partition coefficient (Wildman–Crippen LogP) is 4.76. The fourth-order valence-electron chi connectivity index (χ4n) is 2.75. The molecule has 0 spiro atoms. The predicted molar refractivity (Wildman–Crippen MR) is 116 cm³/mol. The number of nitrogens with zero attached hydrogens (tertiary/aromatic N) is 2. The second kappa shape index (κ2) is 9.28. The average molecular weight is 394 g/mol. The summed E-state index contributed by atoms with van der Waals surface area (Å²) in [4.78, 5) is 19.3. The summed E-state index contributed by atoms with van der Waals surface area (Å²) in [7, 11) is 1.61. The molecule has 0 aliphatic carbocycles. The van der Waals surface area contributed by atoms with E-state index in [1.807, 2.05) is 55.5 Å². The summed E-state index contributed by atoms with van der Waals surface area (Å²) in [5, 5.41) is 0.621. The van der Waals surface area contributed by atoms with Gasteiger partial charge in [0, 0.05) is 11.3 Å². The van der Waals surface area contributed by atoms with Crippen LogP contribution in [-0.2, 0) is 4.79 Å². The number of anilines is 1. The van der Waals surface area contributed by atoms with Crippen LogP contribution in [0.3, 0.4) is 0 Å². The van der Waals surface area contributed by atoms with Crippen molar-refractivity contribution in [3.63, 3.8) is 0 Å². The maximum Gasteiger partial charge on any atom is 0.283 e. The van der Waals surface area contributed by atoms with Crippen molar-refractivity contribution < 1.29 is 14.3 Å². The lowest BCUT2D eigenvalue weighted by atomic mass is 10.1. The van der Waals surface area contributed by atoms with Crippen molar-refractivity contribution >= 4 is 34.6 Å². The smallest absolute Gasteiger partial charge is 0.283 e. The Kier molecular flexibility index (Phi) is 6.55. The molecule has 0 saturated carbocycles. The summed E-state index contributed by atoms with van der Waals surface area (Å²) < 4.78 is 10.9. The minimum absolute atomic E-state index is 0.179. The van der Waals surface area contributed by atoms with Gasteiger partial charge < -0.3 is 9.47 Å². The van der Waals surface area contributed by atoms with Gasteiger partial charge in [-0.3, -0.25) is 9.69 Å². The molecule has 2 aromatic rings. The number of amides is 1. The Morgan fingerprint density at radius 1 is 1.18 bits per heavy atom. The van der Waals surface area contributed by atoms with Gasteiger partial charge in [0.2, 0.25) is 0 Å². The van der Waals surface area contributed by atoms with Crippen LogP contribution in [0.4, 0.5) is 5.69 Å². The van der Waals surface area contributed by atoms with Crippen LogP contribution >= 0.6 is 11.8 Å². The highest BCUT2D eigenvalue weighted by atomic mass is 32.2. The van der Waals surface area contributed by atoms with E-state index in [0.29, 0.717) is 29.0 Å². The lowest BCUT2D eigenvalue weighted by molar-refractivity contribution is -0.113. The zero-order valence-electron chi connectivity index (χ0n) is 15.9. The van der Waals surface area contributed by atoms with Crippen molar-refractivity contribution in [2.24, 2.45) is 4.99 Å². The Balaban J connectivity index is 1.96. The van der Waals surface area contributed by atoms with E-state index in [9.17, 15) is 4.79 Å². The second-order valence-corrected chi connectivity index (χ2v) is 6.82. The van der Waals surface area contributed by atoms with Gasteiger partial charge in [-0.2, -0.15) is 0 Å². The molecule has 0 aromatic heterocycles. The number of rotatable bonds is 7. The molecule has 28 heavy (non-hydrogen) atoms. The van der Waals surface area contributed by atoms with E-state index in [1.54, 1.807) is 24.2 Å². The number of carbonyl (C=O) groups is 1. The quantitative estimate of drug-likeness (QED) is 0.502. The highest BCUT2D eigenvalue weighted by Gasteiger charge is 2.32. The summed E-state index contributed by atoms with van der Waals surface area (Å²) in [6, 6.07) is 15.0. The summed E-state index contributed by atoms with van der Waals surface area (Å²) in [6.45, 7) is 6.28. The Hall–Kier alpha value is -2.99. The number of hydrogen-bond donors (Lipinski definition) is 0. The van der Waals surface area contributed by atoms with Gasteiger partial charge in [-0.25, -0.2) is 4.99 Å². The first-order valence-corrected chi connectivity index (χ1v) is 9.91. The summed E-state index contributed by atoms with van der Waals surface area (Å²) in [6.07, 6.45) is 3.54. The summed E-state index contributed by atoms with van der Waals surface area (Å²) in [5.74, 6) is 1.93. The molecule has 0 N–H and O–H groups in total. The molecule has 144 valence electrons. The van der Waals surface area contributed by atoms with Gasteiger partial charge in [-0.05, 0) is 43.3 Å². The normalized spacial score (nSPS) is 14.9. The lowest BCUT2D eigenvalue weighted by Crippen LogP contribution is -2.30. The second-order valence-electron chi connectivity index (χ2n) is 5.83. The maximum absolute atomic E-state index is 13.1. The minimum atomic E-state index is -0.179. The van der Waals surface area contributed by atoms with Crippen LogP contribution in [0.25, 0.3) is 6.08 Å². The first-order chi connectivity index (χ1) is 13.7. The number of ether oxygens (including phenoxy) is 2. The van der Waals surface area contributed by atoms with Crippen LogP contribution in [0.2, 0.25) is 0 Å². The van der Waals surface area contributed by atoms with Crippen molar-refractivity contribution in [1.29, 1.82) is 0 Å². The van der Waals surface area contributed by atoms with Gasteiger partial charge >= 0.3 is 0 Å². The molecule has 3 rings (SSSR count). The van der Waals surface area contributed by atoms with Gasteiger partial charge in [0.05, 0.1) is 19.4 Å². The van der Waals surface area contributed by atoms with Crippen LogP contribution in [-0.4, -0.2) is 30.5 Å². The molecular weight excluding hydrogens is 372 g/mol. The first kappa shape index (κ1) is 19.8. The molecule has 0 atom stereocenters. The van der Waals surface area contributed by atoms with Crippen molar-refractivity contribution in [2.45, 2.75) is 6.92 Å². The minimum Gasteiger partial charge on any atom is -0.496 e. The van der Waals surface area contributed by atoms with E-state index >= 15 is 0 Å². The number of carbonyl (C=O) groups excluding carboxylic acids is 1. The van der Waals surface area contributed by atoms with E-state index in [2.05, 4.69) is 11.6 Å². The third-order valence-electron chi connectivity index (χ3n) is 4.00. The van der Waals surface area contributed by atoms with Crippen LogP contribution < -0.4 is 14.4 Å². The van der Waals surface area contributed by atoms with Crippen LogP contribution in [0.15, 0.2) is 71.9 Å². The summed E-state index contributed by atoms with van der Waals surface area (Å²) in [5.41, 5.74) is 1.91. The first-order valence-electron chi connectivity index (χ1n) is 8.92. The SMILES string of the molecule is C=CCSC1=N/C(=C/c2ccccc2OC)C(=O)N1c1ccc(OCC)cc1. The van der Waals surface area contributed by atoms with E-state index in [0.717, 1.165) is 17.0 Å². The molecule has 0 fully saturated rings. The largest absolute Gasteiger partial charge is 0.496 e. The van der Waals surface area contributed by atoms with Gasteiger partial charge in [0.15, 0.2) is 5.17 Å². The van der Waals surface area contributed by atoms with Gasteiger partial charge in [-0.15, -0.1) is 6.58 Å². The molecule has 0 bridgehead atoms. The topological polar surface area (TPSA) is 51.1 Å². The molecule has 5 nitrogen and oxygen atoms in total. The monoisotopic (exact) mass is 394 g/mol. The lowest BCUT2D eigenvalue weighted by Gasteiger charge is -2.18. The fraction of sp³-hybridized carbons (Fsp3) is 0.182. The van der Waals surface area contributed by atoms with Gasteiger partial charge in [-0.1, -0.05) is 36.0 Å². The van der Waals surface area contributed by atoms with Crippen LogP contribution in [0, 0.1) is 0 Å². The standard InChI is InChI=1S/C22H22N2O3S/c1-4-14-28-22-23-19(15-16-8-6-7-9-20(16)26-3)21(25)24(22)17-10-12-18(13-11-17)27-5-2/h4,6-13,15H,1,5,14H2,2-3H3/b19-15+. The van der Waals surface area contributed by atoms with Crippen molar-refractivity contribution in [3.05, 3.63) is 72.4 Å². The Labute approximate surface area is 169 Å². The highest BCUT2D eigenvalue weighted by molar-refractivity contribution is 8.14. The molecule has 0 unspecified atom stereocenters. The number of aliphatic imine (C=N–C) groups is 1. The van der Waals surface area contributed by atoms with Crippen molar-refractivity contribution in [2.75, 3.05) is 24.4 Å². The highest BCUT2D eigenvalue weighted by Crippen LogP contribution is 2.31. The molecule has 1 aliphatic rings. The van der Waals surface area contributed by atoms with Crippen LogP contribution in [0.5, 0.6) is 11.5 Å². The molecular formula is C22H22N2O3S. The van der Waals surface area contributed by atoms with Gasteiger partial charge in [0.25, 0.3) is 5.91 Å². The fourth-order valence-corrected chi connectivity index (χ4v) is 3.49. The van der Waals surface area contributed by atoms with E-state index < -0.39 is 0 Å². The Bertz CT molecular complexity index is 920.